The Morgan fingerprint density at radius 2 is 1.81 bits per heavy atom. The number of ether oxygens (including phenoxy) is 1. The summed E-state index contributed by atoms with van der Waals surface area (Å²) in [4.78, 5) is 49.1. The van der Waals surface area contributed by atoms with Crippen molar-refractivity contribution in [2.75, 3.05) is 12.0 Å². The topological polar surface area (TPSA) is 113 Å². The third kappa shape index (κ3) is 3.40. The van der Waals surface area contributed by atoms with E-state index in [0.717, 1.165) is 4.90 Å². The van der Waals surface area contributed by atoms with Crippen LogP contribution in [0.1, 0.15) is 15.9 Å². The highest BCUT2D eigenvalue weighted by molar-refractivity contribution is 6.39. The van der Waals surface area contributed by atoms with Gasteiger partial charge in [0, 0.05) is 0 Å². The van der Waals surface area contributed by atoms with Crippen LogP contribution in [0.5, 0.6) is 5.75 Å². The van der Waals surface area contributed by atoms with E-state index in [4.69, 9.17) is 4.74 Å². The molecule has 1 saturated heterocycles. The second kappa shape index (κ2) is 7.12. The van der Waals surface area contributed by atoms with E-state index in [0.29, 0.717) is 11.3 Å². The molecular weight excluding hydrogens is 352 g/mol. The number of urea groups is 1. The minimum Gasteiger partial charge on any atom is -0.496 e. The number of amides is 4. The minimum atomic E-state index is -1.22. The van der Waals surface area contributed by atoms with Crippen LogP contribution in [-0.4, -0.2) is 36.0 Å². The molecule has 2 aromatic rings. The zero-order chi connectivity index (χ0) is 19.6. The Labute approximate surface area is 153 Å². The zero-order valence-electron chi connectivity index (χ0n) is 14.1. The van der Waals surface area contributed by atoms with Crippen molar-refractivity contribution in [1.82, 2.24) is 5.32 Å². The summed E-state index contributed by atoms with van der Waals surface area (Å²) in [5.41, 5.74) is 0.194. The van der Waals surface area contributed by atoms with Gasteiger partial charge >= 0.3 is 12.0 Å². The summed E-state index contributed by atoms with van der Waals surface area (Å²) in [5.74, 6) is -2.73. The highest BCUT2D eigenvalue weighted by Crippen LogP contribution is 2.24. The lowest BCUT2D eigenvalue weighted by Gasteiger charge is -2.26. The van der Waals surface area contributed by atoms with Gasteiger partial charge in [-0.2, -0.15) is 0 Å². The average molecular weight is 366 g/mol. The summed E-state index contributed by atoms with van der Waals surface area (Å²) in [6, 6.07) is 11.5. The molecule has 8 nitrogen and oxygen atoms in total. The van der Waals surface area contributed by atoms with Gasteiger partial charge < -0.3 is 9.84 Å². The van der Waals surface area contributed by atoms with Gasteiger partial charge in [0.15, 0.2) is 0 Å². The molecule has 0 aliphatic carbocycles. The summed E-state index contributed by atoms with van der Waals surface area (Å²) in [5, 5.41) is 11.4. The molecule has 0 aromatic heterocycles. The molecule has 1 heterocycles. The van der Waals surface area contributed by atoms with E-state index in [1.807, 2.05) is 0 Å². The van der Waals surface area contributed by atoms with Crippen LogP contribution in [0.15, 0.2) is 54.1 Å². The maximum atomic E-state index is 12.7. The van der Waals surface area contributed by atoms with Crippen LogP contribution in [0.2, 0.25) is 0 Å². The SMILES string of the molecule is COc1ccc(C=C2C(=O)NC(=O)N(c3ccccc3)C2=O)cc1C(=O)O. The van der Waals surface area contributed by atoms with Crippen molar-refractivity contribution in [3.63, 3.8) is 0 Å². The number of carboxylic acids is 1. The molecule has 0 spiro atoms. The van der Waals surface area contributed by atoms with Gasteiger partial charge in [-0.05, 0) is 35.9 Å². The number of aromatic carboxylic acids is 1. The number of hydrogen-bond donors (Lipinski definition) is 2. The van der Waals surface area contributed by atoms with Gasteiger partial charge in [-0.25, -0.2) is 14.5 Å². The fourth-order valence-corrected chi connectivity index (χ4v) is 2.62. The van der Waals surface area contributed by atoms with E-state index >= 15 is 0 Å². The number of nitrogens with one attached hydrogen (secondary N) is 1. The van der Waals surface area contributed by atoms with E-state index in [2.05, 4.69) is 5.32 Å². The van der Waals surface area contributed by atoms with Crippen LogP contribution in [-0.2, 0) is 9.59 Å². The standard InChI is InChI=1S/C19H14N2O6/c1-27-15-8-7-11(9-13(15)18(24)25)10-14-16(22)20-19(26)21(17(14)23)12-5-3-2-4-6-12/h2-10H,1H3,(H,24,25)(H,20,22,26). The highest BCUT2D eigenvalue weighted by Gasteiger charge is 2.36. The lowest BCUT2D eigenvalue weighted by Crippen LogP contribution is -2.54. The molecule has 8 heteroatoms. The van der Waals surface area contributed by atoms with Crippen LogP contribution in [0.25, 0.3) is 6.08 Å². The third-order valence-corrected chi connectivity index (χ3v) is 3.88. The number of imide groups is 2. The summed E-state index contributed by atoms with van der Waals surface area (Å²) < 4.78 is 4.98. The van der Waals surface area contributed by atoms with Crippen LogP contribution < -0.4 is 15.0 Å². The second-order valence-electron chi connectivity index (χ2n) is 5.56. The average Bonchev–Trinajstić information content (AvgIpc) is 2.65. The molecule has 0 saturated carbocycles. The molecule has 0 unspecified atom stereocenters. The van der Waals surface area contributed by atoms with E-state index in [1.165, 1.54) is 31.4 Å². The van der Waals surface area contributed by atoms with Crippen molar-refractivity contribution in [3.05, 3.63) is 65.2 Å². The molecule has 0 atom stereocenters. The predicted octanol–water partition coefficient (Wildman–Crippen LogP) is 2.06. The monoisotopic (exact) mass is 366 g/mol. The van der Waals surface area contributed by atoms with Gasteiger partial charge in [0.25, 0.3) is 11.8 Å². The number of barbiturate groups is 1. The number of rotatable bonds is 4. The molecule has 1 aliphatic rings. The lowest BCUT2D eigenvalue weighted by atomic mass is 10.0. The Morgan fingerprint density at radius 3 is 2.44 bits per heavy atom. The molecule has 1 aliphatic heterocycles. The Hall–Kier alpha value is -3.94. The first kappa shape index (κ1) is 17.9. The molecular formula is C19H14N2O6. The Balaban J connectivity index is 2.03. The number of carbonyl (C=O) groups excluding carboxylic acids is 3. The van der Waals surface area contributed by atoms with Crippen LogP contribution in [0.4, 0.5) is 10.5 Å². The van der Waals surface area contributed by atoms with Gasteiger partial charge in [0.2, 0.25) is 0 Å². The Bertz CT molecular complexity index is 981. The van der Waals surface area contributed by atoms with Crippen molar-refractivity contribution >= 4 is 35.6 Å². The fourth-order valence-electron chi connectivity index (χ4n) is 2.62. The van der Waals surface area contributed by atoms with Crippen molar-refractivity contribution in [3.8, 4) is 5.75 Å². The zero-order valence-corrected chi connectivity index (χ0v) is 14.1. The molecule has 27 heavy (non-hydrogen) atoms. The number of carboxylic acid groups (broad SMARTS) is 1. The lowest BCUT2D eigenvalue weighted by molar-refractivity contribution is -0.122. The molecule has 0 bridgehead atoms. The van der Waals surface area contributed by atoms with E-state index in [1.54, 1.807) is 30.3 Å². The van der Waals surface area contributed by atoms with Crippen molar-refractivity contribution in [2.24, 2.45) is 0 Å². The van der Waals surface area contributed by atoms with Gasteiger partial charge in [0.05, 0.1) is 12.8 Å². The van der Waals surface area contributed by atoms with Crippen molar-refractivity contribution in [1.29, 1.82) is 0 Å². The highest BCUT2D eigenvalue weighted by atomic mass is 16.5. The number of nitrogens with zero attached hydrogens (tertiary/aromatic N) is 1. The molecule has 2 N–H and O–H groups in total. The normalized spacial score (nSPS) is 15.7. The molecule has 3 rings (SSSR count). The van der Waals surface area contributed by atoms with Crippen molar-refractivity contribution in [2.45, 2.75) is 0 Å². The molecule has 2 aromatic carbocycles. The maximum Gasteiger partial charge on any atom is 0.339 e. The number of methoxy groups -OCH3 is 1. The van der Waals surface area contributed by atoms with Gasteiger partial charge in [-0.3, -0.25) is 14.9 Å². The first-order valence-corrected chi connectivity index (χ1v) is 7.80. The summed E-state index contributed by atoms with van der Waals surface area (Å²) in [6.45, 7) is 0. The van der Waals surface area contributed by atoms with E-state index in [9.17, 15) is 24.3 Å². The second-order valence-corrected chi connectivity index (χ2v) is 5.56. The Kier molecular flexibility index (Phi) is 4.71. The molecule has 0 radical (unpaired) electrons. The summed E-state index contributed by atoms with van der Waals surface area (Å²) in [6.07, 6.45) is 1.23. The quantitative estimate of drug-likeness (QED) is 0.633. The number of para-hydroxylation sites is 1. The van der Waals surface area contributed by atoms with Crippen LogP contribution in [0.3, 0.4) is 0 Å². The van der Waals surface area contributed by atoms with Crippen LogP contribution >= 0.6 is 0 Å². The molecule has 4 amide bonds. The third-order valence-electron chi connectivity index (χ3n) is 3.88. The first-order valence-electron chi connectivity index (χ1n) is 7.80. The minimum absolute atomic E-state index is 0.119. The summed E-state index contributed by atoms with van der Waals surface area (Å²) >= 11 is 0. The number of carbonyl (C=O) groups is 4. The van der Waals surface area contributed by atoms with E-state index < -0.39 is 23.8 Å². The van der Waals surface area contributed by atoms with Gasteiger partial charge in [-0.1, -0.05) is 24.3 Å². The van der Waals surface area contributed by atoms with E-state index in [-0.39, 0.29) is 16.9 Å². The molecule has 136 valence electrons. The smallest absolute Gasteiger partial charge is 0.339 e. The predicted molar refractivity (Wildman–Crippen MR) is 95.4 cm³/mol. The molecule has 1 fully saturated rings. The largest absolute Gasteiger partial charge is 0.496 e. The summed E-state index contributed by atoms with van der Waals surface area (Å²) in [7, 11) is 1.33. The number of benzene rings is 2. The maximum absolute atomic E-state index is 12.7. The van der Waals surface area contributed by atoms with Crippen LogP contribution in [0, 0.1) is 0 Å². The fraction of sp³-hybridized carbons (Fsp3) is 0.0526. The van der Waals surface area contributed by atoms with Gasteiger partial charge in [-0.15, -0.1) is 0 Å². The van der Waals surface area contributed by atoms with Crippen molar-refractivity contribution < 1.29 is 29.0 Å². The first-order chi connectivity index (χ1) is 12.9. The Morgan fingerprint density at radius 1 is 1.11 bits per heavy atom. The number of anilines is 1. The van der Waals surface area contributed by atoms with Gasteiger partial charge in [0.1, 0.15) is 16.9 Å². The number of hydrogen-bond acceptors (Lipinski definition) is 5.